The van der Waals surface area contributed by atoms with E-state index in [1.165, 1.54) is 42.3 Å². The molecule has 3 aromatic rings. The molecule has 0 bridgehead atoms. The van der Waals surface area contributed by atoms with Gasteiger partial charge < -0.3 is 14.9 Å². The summed E-state index contributed by atoms with van der Waals surface area (Å²) in [7, 11) is 1.53. The molecule has 1 amide bonds. The first-order chi connectivity index (χ1) is 15.7. The normalized spacial score (nSPS) is 17.5. The van der Waals surface area contributed by atoms with Crippen LogP contribution in [0.5, 0.6) is 11.5 Å². The van der Waals surface area contributed by atoms with Crippen molar-refractivity contribution < 1.29 is 24.5 Å². The van der Waals surface area contributed by atoms with Crippen LogP contribution in [-0.4, -0.2) is 29.0 Å². The summed E-state index contributed by atoms with van der Waals surface area (Å²) < 4.78 is 5.22. The molecule has 1 aliphatic rings. The van der Waals surface area contributed by atoms with Gasteiger partial charge in [0.05, 0.1) is 18.7 Å². The smallest absolute Gasteiger partial charge is 0.300 e. The third-order valence-corrected chi connectivity index (χ3v) is 5.90. The van der Waals surface area contributed by atoms with E-state index in [2.05, 4.69) is 0 Å². The van der Waals surface area contributed by atoms with Crippen molar-refractivity contribution in [2.45, 2.75) is 13.0 Å². The van der Waals surface area contributed by atoms with Crippen molar-refractivity contribution in [1.82, 2.24) is 0 Å². The SMILES string of the molecule is COc1ccc(/C(O)=C2/C(=O)C(=O)N(c3cc(Cl)cc(Cl)c3)C2c2ccc(O)cc2)c(C)c1. The number of halogens is 2. The molecule has 1 atom stereocenters. The van der Waals surface area contributed by atoms with Gasteiger partial charge in [0.2, 0.25) is 0 Å². The Bertz CT molecular complexity index is 1280. The van der Waals surface area contributed by atoms with Crippen LogP contribution in [0.4, 0.5) is 5.69 Å². The van der Waals surface area contributed by atoms with Gasteiger partial charge in [0, 0.05) is 21.3 Å². The lowest BCUT2D eigenvalue weighted by molar-refractivity contribution is -0.132. The number of hydrogen-bond donors (Lipinski definition) is 2. The molecule has 0 aromatic heterocycles. The van der Waals surface area contributed by atoms with Crippen LogP contribution in [0.1, 0.15) is 22.7 Å². The molecule has 1 saturated heterocycles. The highest BCUT2D eigenvalue weighted by Gasteiger charge is 2.47. The second-order valence-corrected chi connectivity index (χ2v) is 8.44. The molecule has 1 fully saturated rings. The van der Waals surface area contributed by atoms with Gasteiger partial charge in [-0.3, -0.25) is 14.5 Å². The summed E-state index contributed by atoms with van der Waals surface area (Å²) in [4.78, 5) is 27.6. The molecule has 0 aliphatic carbocycles. The van der Waals surface area contributed by atoms with E-state index in [-0.39, 0.29) is 27.1 Å². The predicted octanol–water partition coefficient (Wildman–Crippen LogP) is 5.64. The third kappa shape index (κ3) is 4.15. The summed E-state index contributed by atoms with van der Waals surface area (Å²) in [5, 5.41) is 21.6. The number of rotatable bonds is 4. The molecule has 1 aliphatic heterocycles. The number of carbonyl (C=O) groups excluding carboxylic acids is 2. The van der Waals surface area contributed by atoms with Crippen molar-refractivity contribution in [1.29, 1.82) is 0 Å². The number of phenols is 1. The van der Waals surface area contributed by atoms with E-state index < -0.39 is 17.7 Å². The number of aliphatic hydroxyl groups excluding tert-OH is 1. The number of nitrogens with zero attached hydrogens (tertiary/aromatic N) is 1. The first kappa shape index (κ1) is 22.7. The number of amides is 1. The summed E-state index contributed by atoms with van der Waals surface area (Å²) in [6.45, 7) is 1.76. The van der Waals surface area contributed by atoms with Crippen molar-refractivity contribution in [3.8, 4) is 11.5 Å². The molecule has 33 heavy (non-hydrogen) atoms. The van der Waals surface area contributed by atoms with Crippen LogP contribution in [0, 0.1) is 6.92 Å². The fraction of sp³-hybridized carbons (Fsp3) is 0.120. The second kappa shape index (κ2) is 8.81. The first-order valence-electron chi connectivity index (χ1n) is 9.92. The number of aliphatic hydroxyl groups is 1. The van der Waals surface area contributed by atoms with E-state index in [0.717, 1.165) is 0 Å². The highest BCUT2D eigenvalue weighted by atomic mass is 35.5. The molecule has 4 rings (SSSR count). The minimum atomic E-state index is -0.971. The number of Topliss-reactive ketones (excluding diaryl/α,β-unsaturated/α-hetero) is 1. The van der Waals surface area contributed by atoms with E-state index in [1.807, 2.05) is 0 Å². The lowest BCUT2D eigenvalue weighted by atomic mass is 9.93. The molecule has 0 saturated carbocycles. The number of aromatic hydroxyl groups is 1. The van der Waals surface area contributed by atoms with E-state index in [4.69, 9.17) is 27.9 Å². The predicted molar refractivity (Wildman–Crippen MR) is 127 cm³/mol. The number of phenolic OH excluding ortho intramolecular Hbond substituents is 1. The highest BCUT2D eigenvalue weighted by Crippen LogP contribution is 2.44. The Balaban J connectivity index is 1.97. The van der Waals surface area contributed by atoms with Crippen LogP contribution in [-0.2, 0) is 9.59 Å². The van der Waals surface area contributed by atoms with Gasteiger partial charge >= 0.3 is 0 Å². The van der Waals surface area contributed by atoms with Gasteiger partial charge in [-0.15, -0.1) is 0 Å². The van der Waals surface area contributed by atoms with Crippen LogP contribution in [0.25, 0.3) is 5.76 Å². The fourth-order valence-corrected chi connectivity index (χ4v) is 4.44. The van der Waals surface area contributed by atoms with Crippen LogP contribution in [0.2, 0.25) is 10.0 Å². The molecule has 0 radical (unpaired) electrons. The maximum absolute atomic E-state index is 13.2. The zero-order valence-corrected chi connectivity index (χ0v) is 19.2. The zero-order valence-electron chi connectivity index (χ0n) is 17.7. The van der Waals surface area contributed by atoms with E-state index in [0.29, 0.717) is 28.1 Å². The summed E-state index contributed by atoms with van der Waals surface area (Å²) in [5.41, 5.74) is 1.78. The number of hydrogen-bond acceptors (Lipinski definition) is 5. The fourth-order valence-electron chi connectivity index (χ4n) is 3.92. The molecule has 3 aromatic carbocycles. The largest absolute Gasteiger partial charge is 0.508 e. The topological polar surface area (TPSA) is 87.1 Å². The van der Waals surface area contributed by atoms with Gasteiger partial charge in [0.25, 0.3) is 11.7 Å². The third-order valence-electron chi connectivity index (χ3n) is 5.47. The molecular weight excluding hydrogens is 465 g/mol. The molecule has 8 heteroatoms. The maximum atomic E-state index is 13.2. The quantitative estimate of drug-likeness (QED) is 0.284. The summed E-state index contributed by atoms with van der Waals surface area (Å²) in [6, 6.07) is 14.6. The van der Waals surface area contributed by atoms with Gasteiger partial charge in [-0.25, -0.2) is 0 Å². The van der Waals surface area contributed by atoms with Crippen molar-refractivity contribution in [3.05, 3.63) is 93.0 Å². The monoisotopic (exact) mass is 483 g/mol. The van der Waals surface area contributed by atoms with Gasteiger partial charge in [-0.05, 0) is 66.6 Å². The Morgan fingerprint density at radius 3 is 2.18 bits per heavy atom. The summed E-state index contributed by atoms with van der Waals surface area (Å²) in [5.74, 6) is -1.39. The Hall–Kier alpha value is -3.48. The molecule has 1 heterocycles. The number of ether oxygens (including phenoxy) is 1. The minimum Gasteiger partial charge on any atom is -0.508 e. The zero-order chi connectivity index (χ0) is 23.9. The number of carbonyl (C=O) groups is 2. The molecule has 0 spiro atoms. The number of anilines is 1. The van der Waals surface area contributed by atoms with E-state index in [9.17, 15) is 19.8 Å². The Morgan fingerprint density at radius 2 is 1.61 bits per heavy atom. The Labute approximate surface area is 200 Å². The lowest BCUT2D eigenvalue weighted by Gasteiger charge is -2.26. The van der Waals surface area contributed by atoms with Gasteiger partial charge in [-0.1, -0.05) is 35.3 Å². The number of aryl methyl sites for hydroxylation is 1. The van der Waals surface area contributed by atoms with Crippen molar-refractivity contribution >= 4 is 46.3 Å². The van der Waals surface area contributed by atoms with Crippen LogP contribution in [0.3, 0.4) is 0 Å². The van der Waals surface area contributed by atoms with E-state index >= 15 is 0 Å². The highest BCUT2D eigenvalue weighted by molar-refractivity contribution is 6.52. The lowest BCUT2D eigenvalue weighted by Crippen LogP contribution is -2.29. The standard InChI is InChI=1S/C25H19Cl2NO5/c1-13-9-19(33-2)7-8-20(13)23(30)21-22(14-3-5-18(29)6-4-14)28(25(32)24(21)31)17-11-15(26)10-16(27)12-17/h3-12,22,29-30H,1-2H3/b23-21-. The van der Waals surface area contributed by atoms with Crippen molar-refractivity contribution in [2.24, 2.45) is 0 Å². The van der Waals surface area contributed by atoms with Gasteiger partial charge in [-0.2, -0.15) is 0 Å². The minimum absolute atomic E-state index is 0.0208. The average molecular weight is 484 g/mol. The molecule has 6 nitrogen and oxygen atoms in total. The second-order valence-electron chi connectivity index (χ2n) is 7.57. The first-order valence-corrected chi connectivity index (χ1v) is 10.7. The average Bonchev–Trinajstić information content (AvgIpc) is 3.03. The molecule has 2 N–H and O–H groups in total. The van der Waals surface area contributed by atoms with Gasteiger partial charge in [0.15, 0.2) is 0 Å². The molecule has 168 valence electrons. The Kier molecular flexibility index (Phi) is 6.06. The van der Waals surface area contributed by atoms with Gasteiger partial charge in [0.1, 0.15) is 17.3 Å². The molecule has 1 unspecified atom stereocenters. The number of ketones is 1. The van der Waals surface area contributed by atoms with Crippen LogP contribution < -0.4 is 9.64 Å². The Morgan fingerprint density at radius 1 is 0.970 bits per heavy atom. The summed E-state index contributed by atoms with van der Waals surface area (Å²) in [6.07, 6.45) is 0. The van der Waals surface area contributed by atoms with Crippen LogP contribution >= 0.6 is 23.2 Å². The van der Waals surface area contributed by atoms with Crippen molar-refractivity contribution in [2.75, 3.05) is 12.0 Å². The molecular formula is C25H19Cl2NO5. The van der Waals surface area contributed by atoms with E-state index in [1.54, 1.807) is 37.3 Å². The maximum Gasteiger partial charge on any atom is 0.300 e. The van der Waals surface area contributed by atoms with Crippen LogP contribution in [0.15, 0.2) is 66.2 Å². The number of methoxy groups -OCH3 is 1. The van der Waals surface area contributed by atoms with Crippen molar-refractivity contribution in [3.63, 3.8) is 0 Å². The number of benzene rings is 3. The summed E-state index contributed by atoms with van der Waals surface area (Å²) >= 11 is 12.3.